The van der Waals surface area contributed by atoms with Gasteiger partial charge in [-0.3, -0.25) is 9.59 Å². The first-order valence-corrected chi connectivity index (χ1v) is 11.3. The van der Waals surface area contributed by atoms with Crippen molar-refractivity contribution in [3.05, 3.63) is 77.2 Å². The summed E-state index contributed by atoms with van der Waals surface area (Å²) < 4.78 is 5.14. The van der Waals surface area contributed by atoms with Crippen LogP contribution >= 0.6 is 0 Å². The summed E-state index contributed by atoms with van der Waals surface area (Å²) in [5.74, 6) is -0.362. The molecule has 2 amide bonds. The molecule has 0 atom stereocenters. The van der Waals surface area contributed by atoms with E-state index in [2.05, 4.69) is 39.5 Å². The van der Waals surface area contributed by atoms with E-state index in [1.807, 2.05) is 26.0 Å². The number of carbonyl (C=O) groups excluding carboxylic acids is 2. The average molecular weight is 447 g/mol. The molecule has 2 N–H and O–H groups in total. The summed E-state index contributed by atoms with van der Waals surface area (Å²) in [7, 11) is 0. The van der Waals surface area contributed by atoms with Crippen molar-refractivity contribution < 1.29 is 14.0 Å². The Morgan fingerprint density at radius 2 is 1.64 bits per heavy atom. The van der Waals surface area contributed by atoms with E-state index in [0.29, 0.717) is 11.3 Å². The van der Waals surface area contributed by atoms with Gasteiger partial charge in [0.2, 0.25) is 0 Å². The van der Waals surface area contributed by atoms with Gasteiger partial charge in [-0.15, -0.1) is 0 Å². The summed E-state index contributed by atoms with van der Waals surface area (Å²) in [6.45, 7) is 11.3. The maximum atomic E-state index is 12.9. The Morgan fingerprint density at radius 3 is 2.30 bits per heavy atom. The molecular formula is C26H30N4O3. The SMILES string of the molecule is CCN1CCN(c2ccc(NC(=O)c3ccc(C)c(NC(=O)c4ccco4)c3)c(C)c2)CC1. The molecule has 1 fully saturated rings. The van der Waals surface area contributed by atoms with Crippen molar-refractivity contribution in [3.8, 4) is 0 Å². The lowest BCUT2D eigenvalue weighted by molar-refractivity contribution is 0.0993. The van der Waals surface area contributed by atoms with Crippen LogP contribution in [0.3, 0.4) is 0 Å². The molecule has 0 saturated carbocycles. The van der Waals surface area contributed by atoms with Crippen molar-refractivity contribution in [1.29, 1.82) is 0 Å². The maximum Gasteiger partial charge on any atom is 0.291 e. The molecule has 1 aliphatic heterocycles. The number of hydrogen-bond donors (Lipinski definition) is 2. The van der Waals surface area contributed by atoms with Gasteiger partial charge in [-0.25, -0.2) is 0 Å². The second-order valence-corrected chi connectivity index (χ2v) is 8.34. The number of piperazine rings is 1. The van der Waals surface area contributed by atoms with Crippen LogP contribution in [0.25, 0.3) is 0 Å². The first kappa shape index (κ1) is 22.6. The molecule has 0 aliphatic carbocycles. The Bertz CT molecular complexity index is 1130. The van der Waals surface area contributed by atoms with Crippen LogP contribution in [-0.2, 0) is 0 Å². The molecule has 172 valence electrons. The summed E-state index contributed by atoms with van der Waals surface area (Å²) in [4.78, 5) is 30.1. The number of aryl methyl sites for hydroxylation is 2. The highest BCUT2D eigenvalue weighted by Gasteiger charge is 2.17. The first-order valence-electron chi connectivity index (χ1n) is 11.3. The number of amides is 2. The Labute approximate surface area is 194 Å². The number of likely N-dealkylation sites (N-methyl/N-ethyl adjacent to an activating group) is 1. The van der Waals surface area contributed by atoms with Crippen molar-refractivity contribution in [1.82, 2.24) is 4.90 Å². The number of nitrogens with zero attached hydrogens (tertiary/aromatic N) is 2. The van der Waals surface area contributed by atoms with Crippen molar-refractivity contribution >= 4 is 28.9 Å². The van der Waals surface area contributed by atoms with Crippen molar-refractivity contribution in [2.24, 2.45) is 0 Å². The van der Waals surface area contributed by atoms with Crippen LogP contribution < -0.4 is 15.5 Å². The molecule has 3 aromatic rings. The van der Waals surface area contributed by atoms with Crippen LogP contribution in [0.4, 0.5) is 17.1 Å². The molecule has 7 nitrogen and oxygen atoms in total. The topological polar surface area (TPSA) is 77.8 Å². The molecule has 1 aromatic heterocycles. The van der Waals surface area contributed by atoms with E-state index < -0.39 is 0 Å². The molecule has 0 bridgehead atoms. The first-order chi connectivity index (χ1) is 15.9. The van der Waals surface area contributed by atoms with Gasteiger partial charge in [0.1, 0.15) is 0 Å². The van der Waals surface area contributed by atoms with Crippen LogP contribution in [0, 0.1) is 13.8 Å². The molecule has 2 aromatic carbocycles. The van der Waals surface area contributed by atoms with Gasteiger partial charge in [-0.05, 0) is 74.0 Å². The predicted molar refractivity (Wildman–Crippen MR) is 131 cm³/mol. The maximum absolute atomic E-state index is 12.9. The molecule has 4 rings (SSSR count). The smallest absolute Gasteiger partial charge is 0.291 e. The van der Waals surface area contributed by atoms with Gasteiger partial charge in [0.25, 0.3) is 11.8 Å². The number of carbonyl (C=O) groups is 2. The lowest BCUT2D eigenvalue weighted by Crippen LogP contribution is -2.46. The third-order valence-electron chi connectivity index (χ3n) is 6.14. The number of nitrogens with one attached hydrogen (secondary N) is 2. The van der Waals surface area contributed by atoms with E-state index in [-0.39, 0.29) is 17.6 Å². The molecule has 0 spiro atoms. The minimum atomic E-state index is -0.355. The fourth-order valence-electron chi connectivity index (χ4n) is 3.99. The van der Waals surface area contributed by atoms with Gasteiger partial charge < -0.3 is 24.9 Å². The third-order valence-corrected chi connectivity index (χ3v) is 6.14. The molecule has 0 radical (unpaired) electrons. The summed E-state index contributed by atoms with van der Waals surface area (Å²) in [6, 6.07) is 14.7. The molecule has 7 heteroatoms. The number of furan rings is 1. The number of anilines is 3. The summed E-state index contributed by atoms with van der Waals surface area (Å²) >= 11 is 0. The zero-order chi connectivity index (χ0) is 23.4. The highest BCUT2D eigenvalue weighted by atomic mass is 16.3. The average Bonchev–Trinajstić information content (AvgIpc) is 3.37. The monoisotopic (exact) mass is 446 g/mol. The van der Waals surface area contributed by atoms with E-state index in [0.717, 1.165) is 49.5 Å². The highest BCUT2D eigenvalue weighted by molar-refractivity contribution is 6.07. The summed E-state index contributed by atoms with van der Waals surface area (Å²) in [5, 5.41) is 5.82. The van der Waals surface area contributed by atoms with Gasteiger partial charge in [0.15, 0.2) is 5.76 Å². The van der Waals surface area contributed by atoms with Crippen molar-refractivity contribution in [2.45, 2.75) is 20.8 Å². The number of benzene rings is 2. The highest BCUT2D eigenvalue weighted by Crippen LogP contribution is 2.25. The van der Waals surface area contributed by atoms with E-state index in [9.17, 15) is 9.59 Å². The standard InChI is InChI=1S/C26H30N4O3/c1-4-29-11-13-30(14-12-29)21-9-10-22(19(3)16-21)27-25(31)20-8-7-18(2)23(17-20)28-26(32)24-6-5-15-33-24/h5-10,15-17H,4,11-14H2,1-3H3,(H,27,31)(H,28,32). The fourth-order valence-corrected chi connectivity index (χ4v) is 3.99. The van der Waals surface area contributed by atoms with E-state index in [1.54, 1.807) is 24.3 Å². The van der Waals surface area contributed by atoms with E-state index in [1.165, 1.54) is 12.0 Å². The van der Waals surface area contributed by atoms with Crippen LogP contribution in [0.1, 0.15) is 39.0 Å². The Morgan fingerprint density at radius 1 is 0.879 bits per heavy atom. The lowest BCUT2D eigenvalue weighted by atomic mass is 10.1. The quantitative estimate of drug-likeness (QED) is 0.581. The van der Waals surface area contributed by atoms with Crippen LogP contribution in [0.2, 0.25) is 0 Å². The molecule has 1 saturated heterocycles. The summed E-state index contributed by atoms with van der Waals surface area (Å²) in [5.41, 5.74) is 4.86. The van der Waals surface area contributed by atoms with Crippen molar-refractivity contribution in [3.63, 3.8) is 0 Å². The van der Waals surface area contributed by atoms with Crippen LogP contribution in [-0.4, -0.2) is 49.4 Å². The minimum Gasteiger partial charge on any atom is -0.459 e. The molecule has 1 aliphatic rings. The zero-order valence-electron chi connectivity index (χ0n) is 19.4. The molecular weight excluding hydrogens is 416 g/mol. The van der Waals surface area contributed by atoms with Gasteiger partial charge in [-0.2, -0.15) is 0 Å². The van der Waals surface area contributed by atoms with E-state index >= 15 is 0 Å². The second-order valence-electron chi connectivity index (χ2n) is 8.34. The molecule has 2 heterocycles. The summed E-state index contributed by atoms with van der Waals surface area (Å²) in [6.07, 6.45) is 1.45. The van der Waals surface area contributed by atoms with Gasteiger partial charge in [0, 0.05) is 48.8 Å². The normalized spacial score (nSPS) is 14.2. The Balaban J connectivity index is 1.44. The predicted octanol–water partition coefficient (Wildman–Crippen LogP) is 4.54. The number of rotatable bonds is 6. The molecule has 0 unspecified atom stereocenters. The minimum absolute atomic E-state index is 0.219. The van der Waals surface area contributed by atoms with Crippen LogP contribution in [0.15, 0.2) is 59.2 Å². The zero-order valence-corrected chi connectivity index (χ0v) is 19.4. The fraction of sp³-hybridized carbons (Fsp3) is 0.308. The van der Waals surface area contributed by atoms with E-state index in [4.69, 9.17) is 4.42 Å². The third kappa shape index (κ3) is 5.26. The lowest BCUT2D eigenvalue weighted by Gasteiger charge is -2.35. The second kappa shape index (κ2) is 9.92. The van der Waals surface area contributed by atoms with Gasteiger partial charge >= 0.3 is 0 Å². The Kier molecular flexibility index (Phi) is 6.79. The van der Waals surface area contributed by atoms with Gasteiger partial charge in [0.05, 0.1) is 6.26 Å². The van der Waals surface area contributed by atoms with Crippen molar-refractivity contribution in [2.75, 3.05) is 48.3 Å². The largest absolute Gasteiger partial charge is 0.459 e. The number of hydrogen-bond acceptors (Lipinski definition) is 5. The van der Waals surface area contributed by atoms with Gasteiger partial charge in [-0.1, -0.05) is 13.0 Å². The Hall–Kier alpha value is -3.58. The molecule has 33 heavy (non-hydrogen) atoms. The van der Waals surface area contributed by atoms with Crippen LogP contribution in [0.5, 0.6) is 0 Å².